The number of amides is 1. The van der Waals surface area contributed by atoms with Crippen LogP contribution in [0.15, 0.2) is 72.8 Å². The van der Waals surface area contributed by atoms with E-state index in [1.54, 1.807) is 36.1 Å². The predicted molar refractivity (Wildman–Crippen MR) is 117 cm³/mol. The number of aryl methyl sites for hydroxylation is 2. The van der Waals surface area contributed by atoms with E-state index in [9.17, 15) is 4.79 Å². The molecule has 1 heterocycles. The van der Waals surface area contributed by atoms with Crippen molar-refractivity contribution in [1.29, 1.82) is 0 Å². The number of carbonyl (C=O) groups is 1. The third-order valence-electron chi connectivity index (χ3n) is 4.77. The molecule has 0 aliphatic heterocycles. The number of rotatable bonds is 5. The van der Waals surface area contributed by atoms with E-state index in [2.05, 4.69) is 21.5 Å². The Hall–Kier alpha value is -3.93. The summed E-state index contributed by atoms with van der Waals surface area (Å²) in [5, 5.41) is 7.39. The van der Waals surface area contributed by atoms with Crippen LogP contribution in [0, 0.1) is 13.8 Å². The van der Waals surface area contributed by atoms with E-state index in [0.717, 1.165) is 28.1 Å². The van der Waals surface area contributed by atoms with Gasteiger partial charge in [0, 0.05) is 11.3 Å². The molecule has 0 fully saturated rings. The molecule has 0 aliphatic rings. The summed E-state index contributed by atoms with van der Waals surface area (Å²) in [6.07, 6.45) is 0. The Kier molecular flexibility index (Phi) is 5.30. The van der Waals surface area contributed by atoms with E-state index in [0.29, 0.717) is 11.5 Å². The van der Waals surface area contributed by atoms with Gasteiger partial charge in [0.2, 0.25) is 5.82 Å². The van der Waals surface area contributed by atoms with Crippen molar-refractivity contribution in [3.05, 3.63) is 89.7 Å². The quantitative estimate of drug-likeness (QED) is 0.524. The molecule has 1 aromatic heterocycles. The van der Waals surface area contributed by atoms with Crippen molar-refractivity contribution in [1.82, 2.24) is 14.8 Å². The summed E-state index contributed by atoms with van der Waals surface area (Å²) in [6, 6.07) is 22.9. The van der Waals surface area contributed by atoms with Crippen LogP contribution in [0.2, 0.25) is 0 Å². The first-order valence-corrected chi connectivity index (χ1v) is 9.60. The first kappa shape index (κ1) is 19.4. The van der Waals surface area contributed by atoms with Gasteiger partial charge in [0.25, 0.3) is 5.91 Å². The summed E-state index contributed by atoms with van der Waals surface area (Å²) < 4.78 is 6.88. The standard InChI is InChI=1S/C24H22N4O2/c1-16-9-14-21(17(2)15-16)28-23(18-7-5-4-6-8-18)26-22(27-28)24(29)25-19-10-12-20(30-3)13-11-19/h4-15H,1-3H3,(H,25,29). The Morgan fingerprint density at radius 3 is 2.37 bits per heavy atom. The zero-order chi connectivity index (χ0) is 21.1. The zero-order valence-electron chi connectivity index (χ0n) is 17.1. The molecule has 0 saturated carbocycles. The number of anilines is 1. The molecule has 1 amide bonds. The Morgan fingerprint density at radius 2 is 1.70 bits per heavy atom. The van der Waals surface area contributed by atoms with Gasteiger partial charge in [0.15, 0.2) is 5.82 Å². The monoisotopic (exact) mass is 398 g/mol. The van der Waals surface area contributed by atoms with Crippen LogP contribution in [0.1, 0.15) is 21.7 Å². The molecule has 0 aliphatic carbocycles. The zero-order valence-corrected chi connectivity index (χ0v) is 17.1. The lowest BCUT2D eigenvalue weighted by molar-refractivity contribution is 0.101. The van der Waals surface area contributed by atoms with Crippen molar-refractivity contribution in [3.8, 4) is 22.8 Å². The van der Waals surface area contributed by atoms with E-state index in [1.807, 2.05) is 56.3 Å². The van der Waals surface area contributed by atoms with Crippen LogP contribution >= 0.6 is 0 Å². The fourth-order valence-electron chi connectivity index (χ4n) is 3.25. The lowest BCUT2D eigenvalue weighted by Crippen LogP contribution is -2.14. The average Bonchev–Trinajstić information content (AvgIpc) is 3.20. The van der Waals surface area contributed by atoms with Gasteiger partial charge in [-0.15, -0.1) is 5.10 Å². The molecule has 3 aromatic carbocycles. The molecular formula is C24H22N4O2. The van der Waals surface area contributed by atoms with E-state index >= 15 is 0 Å². The van der Waals surface area contributed by atoms with Crippen LogP contribution in [0.3, 0.4) is 0 Å². The molecule has 1 N–H and O–H groups in total. The van der Waals surface area contributed by atoms with Gasteiger partial charge in [-0.05, 0) is 49.7 Å². The van der Waals surface area contributed by atoms with Crippen LogP contribution in [0.25, 0.3) is 17.1 Å². The van der Waals surface area contributed by atoms with Gasteiger partial charge in [-0.25, -0.2) is 9.67 Å². The van der Waals surface area contributed by atoms with Crippen LogP contribution in [-0.2, 0) is 0 Å². The SMILES string of the molecule is COc1ccc(NC(=O)c2nc(-c3ccccc3)n(-c3ccc(C)cc3C)n2)cc1. The molecule has 150 valence electrons. The maximum Gasteiger partial charge on any atom is 0.295 e. The summed E-state index contributed by atoms with van der Waals surface area (Å²) in [5.41, 5.74) is 4.63. The highest BCUT2D eigenvalue weighted by molar-refractivity contribution is 6.01. The van der Waals surface area contributed by atoms with Crippen molar-refractivity contribution in [3.63, 3.8) is 0 Å². The highest BCUT2D eigenvalue weighted by Crippen LogP contribution is 2.24. The molecule has 0 bridgehead atoms. The fraction of sp³-hybridized carbons (Fsp3) is 0.125. The predicted octanol–water partition coefficient (Wildman–Crippen LogP) is 4.81. The van der Waals surface area contributed by atoms with Gasteiger partial charge in [-0.2, -0.15) is 0 Å². The summed E-state index contributed by atoms with van der Waals surface area (Å²) in [5.74, 6) is 1.06. The molecule has 4 rings (SSSR count). The second kappa shape index (κ2) is 8.21. The number of methoxy groups -OCH3 is 1. The molecule has 0 atom stereocenters. The van der Waals surface area contributed by atoms with Gasteiger partial charge in [-0.3, -0.25) is 4.79 Å². The van der Waals surface area contributed by atoms with Crippen molar-refractivity contribution in [2.75, 3.05) is 12.4 Å². The molecule has 0 unspecified atom stereocenters. The Balaban J connectivity index is 1.73. The van der Waals surface area contributed by atoms with Crippen molar-refractivity contribution in [2.24, 2.45) is 0 Å². The summed E-state index contributed by atoms with van der Waals surface area (Å²) in [4.78, 5) is 17.4. The molecule has 30 heavy (non-hydrogen) atoms. The lowest BCUT2D eigenvalue weighted by atomic mass is 10.1. The first-order valence-electron chi connectivity index (χ1n) is 9.60. The van der Waals surface area contributed by atoms with Gasteiger partial charge >= 0.3 is 0 Å². The summed E-state index contributed by atoms with van der Waals surface area (Å²) >= 11 is 0. The first-order chi connectivity index (χ1) is 14.5. The van der Waals surface area contributed by atoms with E-state index in [-0.39, 0.29) is 11.7 Å². The Bertz CT molecular complexity index is 1180. The van der Waals surface area contributed by atoms with E-state index in [4.69, 9.17) is 4.74 Å². The minimum atomic E-state index is -0.374. The molecule has 0 saturated heterocycles. The minimum absolute atomic E-state index is 0.102. The lowest BCUT2D eigenvalue weighted by Gasteiger charge is -2.09. The molecule has 6 nitrogen and oxygen atoms in total. The van der Waals surface area contributed by atoms with Crippen molar-refractivity contribution < 1.29 is 9.53 Å². The third-order valence-corrected chi connectivity index (χ3v) is 4.77. The smallest absolute Gasteiger partial charge is 0.295 e. The van der Waals surface area contributed by atoms with Gasteiger partial charge in [0.05, 0.1) is 12.8 Å². The largest absolute Gasteiger partial charge is 0.497 e. The van der Waals surface area contributed by atoms with Crippen LogP contribution in [-0.4, -0.2) is 27.8 Å². The summed E-state index contributed by atoms with van der Waals surface area (Å²) in [7, 11) is 1.60. The number of hydrogen-bond acceptors (Lipinski definition) is 4. The van der Waals surface area contributed by atoms with Crippen LogP contribution in [0.5, 0.6) is 5.75 Å². The Morgan fingerprint density at radius 1 is 0.967 bits per heavy atom. The van der Waals surface area contributed by atoms with Gasteiger partial charge < -0.3 is 10.1 Å². The number of ether oxygens (including phenoxy) is 1. The normalized spacial score (nSPS) is 10.6. The second-order valence-corrected chi connectivity index (χ2v) is 7.01. The number of nitrogens with one attached hydrogen (secondary N) is 1. The number of carbonyl (C=O) groups excluding carboxylic acids is 1. The van der Waals surface area contributed by atoms with Gasteiger partial charge in [-0.1, -0.05) is 48.0 Å². The highest BCUT2D eigenvalue weighted by atomic mass is 16.5. The topological polar surface area (TPSA) is 69.0 Å². The van der Waals surface area contributed by atoms with E-state index in [1.165, 1.54) is 0 Å². The summed E-state index contributed by atoms with van der Waals surface area (Å²) in [6.45, 7) is 4.07. The maximum atomic E-state index is 12.9. The number of benzene rings is 3. The number of hydrogen-bond donors (Lipinski definition) is 1. The maximum absolute atomic E-state index is 12.9. The molecule has 4 aromatic rings. The highest BCUT2D eigenvalue weighted by Gasteiger charge is 2.20. The third kappa shape index (κ3) is 3.93. The number of nitrogens with zero attached hydrogens (tertiary/aromatic N) is 3. The average molecular weight is 398 g/mol. The fourth-order valence-corrected chi connectivity index (χ4v) is 3.25. The number of aromatic nitrogens is 3. The van der Waals surface area contributed by atoms with Gasteiger partial charge in [0.1, 0.15) is 5.75 Å². The Labute approximate surface area is 175 Å². The van der Waals surface area contributed by atoms with Crippen molar-refractivity contribution in [2.45, 2.75) is 13.8 Å². The minimum Gasteiger partial charge on any atom is -0.497 e. The molecule has 6 heteroatoms. The van der Waals surface area contributed by atoms with E-state index < -0.39 is 0 Å². The van der Waals surface area contributed by atoms with Crippen LogP contribution < -0.4 is 10.1 Å². The second-order valence-electron chi connectivity index (χ2n) is 7.01. The molecular weight excluding hydrogens is 376 g/mol. The van der Waals surface area contributed by atoms with Crippen molar-refractivity contribution >= 4 is 11.6 Å². The van der Waals surface area contributed by atoms with Crippen LogP contribution in [0.4, 0.5) is 5.69 Å². The molecule has 0 radical (unpaired) electrons. The molecule has 0 spiro atoms.